The highest BCUT2D eigenvalue weighted by Crippen LogP contribution is 2.10. The van der Waals surface area contributed by atoms with Gasteiger partial charge in [-0.25, -0.2) is 5.06 Å². The molecule has 1 aliphatic rings. The van der Waals surface area contributed by atoms with E-state index >= 15 is 0 Å². The average Bonchev–Trinajstić information content (AvgIpc) is 2.65. The van der Waals surface area contributed by atoms with Gasteiger partial charge >= 0.3 is 6.02 Å². The van der Waals surface area contributed by atoms with Gasteiger partial charge in [0.1, 0.15) is 6.61 Å². The second-order valence-electron chi connectivity index (χ2n) is 6.02. The van der Waals surface area contributed by atoms with Crippen molar-refractivity contribution in [2.75, 3.05) is 39.9 Å². The fourth-order valence-electron chi connectivity index (χ4n) is 2.62. The summed E-state index contributed by atoms with van der Waals surface area (Å²) in [5.74, 6) is 0.609. The fourth-order valence-corrected chi connectivity index (χ4v) is 2.62. The minimum atomic E-state index is -0.557. The Bertz CT molecular complexity index is 506. The van der Waals surface area contributed by atoms with Crippen molar-refractivity contribution in [2.45, 2.75) is 32.3 Å². The zero-order valence-electron chi connectivity index (χ0n) is 15.1. The van der Waals surface area contributed by atoms with E-state index in [2.05, 4.69) is 10.1 Å². The van der Waals surface area contributed by atoms with Gasteiger partial charge in [-0.3, -0.25) is 4.84 Å². The molecule has 1 fully saturated rings. The summed E-state index contributed by atoms with van der Waals surface area (Å²) in [6.45, 7) is 5.17. The topological polar surface area (TPSA) is 66.8 Å². The molecule has 0 spiro atoms. The number of β-amino-alcohol motifs (C(OH)–C–C–N with tert-alkyl or cyclic N) is 1. The number of rotatable bonds is 8. The largest absolute Gasteiger partial charge is 0.462 e. The standard InChI is InChI=1S/C18H29N3O4/c1-3-23-18(19-25-17-10-6-4-7-11-17)20(2)24-15-16(22)14-21-12-8-5-9-13-21/h4,6-7,10-11,16,22H,3,5,8-9,12-15H2,1-2H3. The van der Waals surface area contributed by atoms with Crippen molar-refractivity contribution < 1.29 is 19.5 Å². The molecule has 7 nitrogen and oxygen atoms in total. The average molecular weight is 351 g/mol. The van der Waals surface area contributed by atoms with Gasteiger partial charge in [0.15, 0.2) is 5.75 Å². The number of para-hydroxylation sites is 1. The molecule has 1 aliphatic heterocycles. The van der Waals surface area contributed by atoms with E-state index in [-0.39, 0.29) is 12.6 Å². The summed E-state index contributed by atoms with van der Waals surface area (Å²) in [6.07, 6.45) is 3.12. The van der Waals surface area contributed by atoms with Crippen LogP contribution in [-0.4, -0.2) is 67.1 Å². The van der Waals surface area contributed by atoms with Gasteiger partial charge in [0, 0.05) is 13.6 Å². The molecule has 1 heterocycles. The van der Waals surface area contributed by atoms with Crippen LogP contribution in [0.3, 0.4) is 0 Å². The molecular formula is C18H29N3O4. The van der Waals surface area contributed by atoms with Gasteiger partial charge in [0.25, 0.3) is 0 Å². The van der Waals surface area contributed by atoms with Crippen LogP contribution in [0.2, 0.25) is 0 Å². The number of hydrogen-bond donors (Lipinski definition) is 1. The van der Waals surface area contributed by atoms with E-state index in [1.165, 1.54) is 24.3 Å². The minimum Gasteiger partial charge on any atom is -0.462 e. The zero-order chi connectivity index (χ0) is 17.9. The second-order valence-corrected chi connectivity index (χ2v) is 6.02. The number of hydroxylamine groups is 2. The van der Waals surface area contributed by atoms with Crippen molar-refractivity contribution >= 4 is 6.02 Å². The Morgan fingerprint density at radius 2 is 1.96 bits per heavy atom. The number of hydrogen-bond acceptors (Lipinski definition) is 6. The third kappa shape index (κ3) is 7.29. The highest BCUT2D eigenvalue weighted by atomic mass is 16.7. The van der Waals surface area contributed by atoms with Crippen LogP contribution in [0.4, 0.5) is 0 Å². The number of aliphatic hydroxyl groups is 1. The van der Waals surface area contributed by atoms with E-state index in [1.54, 1.807) is 19.2 Å². The van der Waals surface area contributed by atoms with Crippen LogP contribution < -0.4 is 4.84 Å². The number of likely N-dealkylation sites (tertiary alicyclic amines) is 1. The molecule has 0 bridgehead atoms. The lowest BCUT2D eigenvalue weighted by molar-refractivity contribution is -0.130. The molecule has 0 amide bonds. The monoisotopic (exact) mass is 351 g/mol. The Labute approximate surface area is 149 Å². The molecule has 25 heavy (non-hydrogen) atoms. The number of benzene rings is 1. The van der Waals surface area contributed by atoms with Gasteiger partial charge in [-0.15, -0.1) is 0 Å². The van der Waals surface area contributed by atoms with E-state index < -0.39 is 6.10 Å². The quantitative estimate of drug-likeness (QED) is 0.439. The van der Waals surface area contributed by atoms with Crippen molar-refractivity contribution in [3.63, 3.8) is 0 Å². The number of piperidine rings is 1. The Morgan fingerprint density at radius 1 is 1.24 bits per heavy atom. The molecule has 0 aromatic heterocycles. The first-order chi connectivity index (χ1) is 12.2. The Hall–Kier alpha value is -1.83. The molecule has 2 rings (SSSR count). The first-order valence-electron chi connectivity index (χ1n) is 8.89. The highest BCUT2D eigenvalue weighted by Gasteiger charge is 2.17. The third-order valence-electron chi connectivity index (χ3n) is 3.89. The van der Waals surface area contributed by atoms with Crippen molar-refractivity contribution in [1.82, 2.24) is 9.96 Å². The SMILES string of the molecule is CCOC(=NOc1ccccc1)N(C)OCC(O)CN1CCCCC1. The van der Waals surface area contributed by atoms with Gasteiger partial charge in [0.2, 0.25) is 0 Å². The van der Waals surface area contributed by atoms with Crippen LogP contribution in [0.5, 0.6) is 5.75 Å². The van der Waals surface area contributed by atoms with Gasteiger partial charge < -0.3 is 19.6 Å². The molecule has 1 unspecified atom stereocenters. The summed E-state index contributed by atoms with van der Waals surface area (Å²) in [5.41, 5.74) is 0. The maximum Gasteiger partial charge on any atom is 0.351 e. The minimum absolute atomic E-state index is 0.171. The first kappa shape index (κ1) is 19.5. The molecule has 1 atom stereocenters. The number of ether oxygens (including phenoxy) is 1. The summed E-state index contributed by atoms with van der Waals surface area (Å²) < 4.78 is 5.44. The lowest BCUT2D eigenvalue weighted by Gasteiger charge is -2.29. The van der Waals surface area contributed by atoms with Crippen molar-refractivity contribution in [3.8, 4) is 5.75 Å². The van der Waals surface area contributed by atoms with Crippen molar-refractivity contribution in [3.05, 3.63) is 30.3 Å². The van der Waals surface area contributed by atoms with E-state index in [1.807, 2.05) is 25.1 Å². The van der Waals surface area contributed by atoms with Crippen LogP contribution in [0.25, 0.3) is 0 Å². The fraction of sp³-hybridized carbons (Fsp3) is 0.611. The van der Waals surface area contributed by atoms with Crippen molar-refractivity contribution in [1.29, 1.82) is 0 Å². The van der Waals surface area contributed by atoms with E-state index in [4.69, 9.17) is 14.4 Å². The zero-order valence-corrected chi connectivity index (χ0v) is 15.1. The summed E-state index contributed by atoms with van der Waals surface area (Å²) in [5, 5.41) is 15.5. The molecule has 0 saturated carbocycles. The van der Waals surface area contributed by atoms with E-state index in [0.717, 1.165) is 13.1 Å². The van der Waals surface area contributed by atoms with Crippen LogP contribution in [0, 0.1) is 0 Å². The molecule has 7 heteroatoms. The number of aliphatic hydroxyl groups excluding tert-OH is 1. The third-order valence-corrected chi connectivity index (χ3v) is 3.89. The van der Waals surface area contributed by atoms with E-state index in [9.17, 15) is 5.11 Å². The summed E-state index contributed by atoms with van der Waals surface area (Å²) in [7, 11) is 1.68. The first-order valence-corrected chi connectivity index (χ1v) is 8.89. The molecule has 1 N–H and O–H groups in total. The summed E-state index contributed by atoms with van der Waals surface area (Å²) in [6, 6.07) is 9.44. The number of amidine groups is 1. The molecule has 0 aliphatic carbocycles. The van der Waals surface area contributed by atoms with Crippen LogP contribution >= 0.6 is 0 Å². The normalized spacial score (nSPS) is 17.2. The second kappa shape index (κ2) is 10.9. The van der Waals surface area contributed by atoms with Crippen LogP contribution in [-0.2, 0) is 9.57 Å². The number of nitrogens with zero attached hydrogens (tertiary/aromatic N) is 3. The smallest absolute Gasteiger partial charge is 0.351 e. The summed E-state index contributed by atoms with van der Waals surface area (Å²) in [4.78, 5) is 13.2. The molecule has 140 valence electrons. The predicted octanol–water partition coefficient (Wildman–Crippen LogP) is 2.08. The molecule has 0 radical (unpaired) electrons. The lowest BCUT2D eigenvalue weighted by Crippen LogP contribution is -2.40. The van der Waals surface area contributed by atoms with E-state index in [0.29, 0.717) is 18.9 Å². The number of oxime groups is 1. The summed E-state index contributed by atoms with van der Waals surface area (Å²) >= 11 is 0. The van der Waals surface area contributed by atoms with Crippen LogP contribution in [0.1, 0.15) is 26.2 Å². The molecule has 1 aromatic carbocycles. The van der Waals surface area contributed by atoms with Gasteiger partial charge in [-0.05, 0) is 50.1 Å². The Kier molecular flexibility index (Phi) is 8.51. The maximum atomic E-state index is 10.2. The van der Waals surface area contributed by atoms with Gasteiger partial charge in [-0.2, -0.15) is 0 Å². The Balaban J connectivity index is 1.79. The highest BCUT2D eigenvalue weighted by molar-refractivity contribution is 5.71. The Morgan fingerprint density at radius 3 is 2.64 bits per heavy atom. The predicted molar refractivity (Wildman–Crippen MR) is 96.1 cm³/mol. The maximum absolute atomic E-state index is 10.2. The lowest BCUT2D eigenvalue weighted by atomic mass is 10.1. The molecule has 1 saturated heterocycles. The molecular weight excluding hydrogens is 322 g/mol. The van der Waals surface area contributed by atoms with Gasteiger partial charge in [0.05, 0.1) is 12.7 Å². The van der Waals surface area contributed by atoms with Crippen molar-refractivity contribution in [2.24, 2.45) is 5.16 Å². The molecule has 1 aromatic rings. The van der Waals surface area contributed by atoms with Crippen LogP contribution in [0.15, 0.2) is 35.5 Å². The van der Waals surface area contributed by atoms with Gasteiger partial charge in [-0.1, -0.05) is 24.6 Å².